The summed E-state index contributed by atoms with van der Waals surface area (Å²) in [6.07, 6.45) is 1.56. The molecular weight excluding hydrogens is 498 g/mol. The second kappa shape index (κ2) is 11.1. The summed E-state index contributed by atoms with van der Waals surface area (Å²) in [6.45, 7) is 5.63. The zero-order valence-electron chi connectivity index (χ0n) is 20.3. The van der Waals surface area contributed by atoms with Crippen LogP contribution in [-0.4, -0.2) is 23.9 Å². The van der Waals surface area contributed by atoms with Gasteiger partial charge in [-0.15, -0.1) is 12.4 Å². The van der Waals surface area contributed by atoms with E-state index in [0.29, 0.717) is 17.7 Å². The topological polar surface area (TPSA) is 98.1 Å². The van der Waals surface area contributed by atoms with Gasteiger partial charge in [-0.1, -0.05) is 56.3 Å². The third kappa shape index (κ3) is 5.50. The number of halogens is 1. The standard InChI is InChI=1S/C27H27N3O4S.ClH/c1-4-21-16-25-23(24(5-2)28-21)14-15-27(32)30(25)17-19-10-12-20(13-11-19)22-8-6-7-9-26(22)35(33,34)29-18(3)31;/h6-16H,4-5,17H2,1-3H3,(H,29,31);1H. The maximum Gasteiger partial charge on any atom is 0.264 e. The van der Waals surface area contributed by atoms with Crippen molar-refractivity contribution in [1.29, 1.82) is 0 Å². The molecule has 4 aromatic rings. The van der Waals surface area contributed by atoms with E-state index in [1.165, 1.54) is 6.07 Å². The van der Waals surface area contributed by atoms with E-state index < -0.39 is 15.9 Å². The van der Waals surface area contributed by atoms with Gasteiger partial charge in [0.25, 0.3) is 15.6 Å². The Labute approximate surface area is 216 Å². The summed E-state index contributed by atoms with van der Waals surface area (Å²) in [7, 11) is -3.99. The number of amides is 1. The van der Waals surface area contributed by atoms with E-state index in [1.807, 2.05) is 48.0 Å². The first kappa shape index (κ1) is 27.1. The van der Waals surface area contributed by atoms with E-state index in [9.17, 15) is 18.0 Å². The van der Waals surface area contributed by atoms with Gasteiger partial charge in [-0.3, -0.25) is 14.6 Å². The summed E-state index contributed by atoms with van der Waals surface area (Å²) in [5, 5.41) is 0.970. The summed E-state index contributed by atoms with van der Waals surface area (Å²) in [4.78, 5) is 28.9. The lowest BCUT2D eigenvalue weighted by atomic mass is 10.0. The fraction of sp³-hybridized carbons (Fsp3) is 0.222. The van der Waals surface area contributed by atoms with Crippen molar-refractivity contribution in [1.82, 2.24) is 14.3 Å². The zero-order chi connectivity index (χ0) is 25.2. The molecule has 1 N–H and O–H groups in total. The average Bonchev–Trinajstić information content (AvgIpc) is 2.84. The largest absolute Gasteiger partial charge is 0.304 e. The highest BCUT2D eigenvalue weighted by molar-refractivity contribution is 7.90. The summed E-state index contributed by atoms with van der Waals surface area (Å²) in [5.41, 5.74) is 4.76. The monoisotopic (exact) mass is 525 g/mol. The highest BCUT2D eigenvalue weighted by Crippen LogP contribution is 2.28. The first-order valence-corrected chi connectivity index (χ1v) is 13.0. The van der Waals surface area contributed by atoms with Crippen molar-refractivity contribution in [3.05, 3.63) is 94.0 Å². The minimum atomic E-state index is -3.99. The number of hydrogen-bond acceptors (Lipinski definition) is 5. The predicted octanol–water partition coefficient (Wildman–Crippen LogP) is 4.48. The van der Waals surface area contributed by atoms with E-state index >= 15 is 0 Å². The SMILES string of the molecule is CCc1cc2c(ccc(=O)n2Cc2ccc(-c3ccccc3S(=O)(=O)NC(C)=O)cc2)c(CC)n1.Cl. The minimum Gasteiger partial charge on any atom is -0.304 e. The molecule has 1 amide bonds. The Balaban J connectivity index is 0.00000361. The number of fused-ring (bicyclic) bond motifs is 1. The van der Waals surface area contributed by atoms with Gasteiger partial charge in [-0.25, -0.2) is 13.1 Å². The third-order valence-corrected chi connectivity index (χ3v) is 7.37. The molecule has 0 bridgehead atoms. The van der Waals surface area contributed by atoms with E-state index in [-0.39, 0.29) is 22.9 Å². The smallest absolute Gasteiger partial charge is 0.264 e. The molecule has 2 aromatic carbocycles. The Morgan fingerprint density at radius 3 is 2.31 bits per heavy atom. The molecule has 188 valence electrons. The number of rotatable bonds is 7. The second-order valence-corrected chi connectivity index (χ2v) is 9.96. The molecule has 0 aliphatic carbocycles. The highest BCUT2D eigenvalue weighted by Gasteiger charge is 2.20. The molecule has 0 spiro atoms. The lowest BCUT2D eigenvalue weighted by molar-refractivity contribution is -0.117. The van der Waals surface area contributed by atoms with Crippen molar-refractivity contribution in [3.63, 3.8) is 0 Å². The number of nitrogens with one attached hydrogen (secondary N) is 1. The number of carbonyl (C=O) groups excluding carboxylic acids is 1. The van der Waals surface area contributed by atoms with E-state index in [4.69, 9.17) is 4.98 Å². The van der Waals surface area contributed by atoms with Crippen molar-refractivity contribution >= 4 is 39.2 Å². The lowest BCUT2D eigenvalue weighted by Crippen LogP contribution is -2.28. The van der Waals surface area contributed by atoms with E-state index in [2.05, 4.69) is 6.92 Å². The summed E-state index contributed by atoms with van der Waals surface area (Å²) in [5.74, 6) is -0.650. The molecule has 0 unspecified atom stereocenters. The Hall–Kier alpha value is -3.49. The summed E-state index contributed by atoms with van der Waals surface area (Å²) < 4.78 is 29.0. The fourth-order valence-electron chi connectivity index (χ4n) is 4.19. The summed E-state index contributed by atoms with van der Waals surface area (Å²) in [6, 6.07) is 19.3. The van der Waals surface area contributed by atoms with Gasteiger partial charge in [0.05, 0.1) is 17.0 Å². The van der Waals surface area contributed by atoms with Crippen molar-refractivity contribution in [2.45, 2.75) is 45.1 Å². The second-order valence-electron chi connectivity index (χ2n) is 8.31. The maximum absolute atomic E-state index is 12.8. The van der Waals surface area contributed by atoms with Crippen LogP contribution in [0.15, 0.2) is 76.4 Å². The molecule has 0 aliphatic rings. The van der Waals surface area contributed by atoms with Crippen LogP contribution in [0, 0.1) is 0 Å². The number of sulfonamides is 1. The van der Waals surface area contributed by atoms with Crippen LogP contribution in [0.25, 0.3) is 22.0 Å². The van der Waals surface area contributed by atoms with Gasteiger partial charge in [-0.05, 0) is 42.2 Å². The first-order chi connectivity index (χ1) is 16.7. The molecule has 2 aromatic heterocycles. The van der Waals surface area contributed by atoms with Gasteiger partial charge in [0.15, 0.2) is 0 Å². The molecule has 4 rings (SSSR count). The lowest BCUT2D eigenvalue weighted by Gasteiger charge is -2.14. The molecule has 2 heterocycles. The zero-order valence-corrected chi connectivity index (χ0v) is 21.9. The Bertz CT molecular complexity index is 1580. The predicted molar refractivity (Wildman–Crippen MR) is 144 cm³/mol. The van der Waals surface area contributed by atoms with Crippen LogP contribution in [0.5, 0.6) is 0 Å². The molecule has 0 saturated heterocycles. The van der Waals surface area contributed by atoms with Gasteiger partial charge in [0.2, 0.25) is 5.91 Å². The molecule has 7 nitrogen and oxygen atoms in total. The number of aryl methyl sites for hydroxylation is 2. The van der Waals surface area contributed by atoms with Crippen LogP contribution in [0.1, 0.15) is 37.7 Å². The van der Waals surface area contributed by atoms with Crippen LogP contribution in [-0.2, 0) is 34.2 Å². The minimum absolute atomic E-state index is 0. The molecule has 0 fully saturated rings. The number of benzene rings is 2. The van der Waals surface area contributed by atoms with Crippen LogP contribution >= 0.6 is 12.4 Å². The Kier molecular flexibility index (Phi) is 8.32. The van der Waals surface area contributed by atoms with E-state index in [1.54, 1.807) is 28.8 Å². The van der Waals surface area contributed by atoms with Crippen LogP contribution in [0.2, 0.25) is 0 Å². The van der Waals surface area contributed by atoms with Crippen molar-refractivity contribution in [2.24, 2.45) is 0 Å². The Morgan fingerprint density at radius 1 is 0.972 bits per heavy atom. The molecule has 0 radical (unpaired) electrons. The number of nitrogens with zero attached hydrogens (tertiary/aromatic N) is 2. The molecule has 36 heavy (non-hydrogen) atoms. The number of carbonyl (C=O) groups is 1. The number of pyridine rings is 2. The molecule has 0 aliphatic heterocycles. The average molecular weight is 526 g/mol. The van der Waals surface area contributed by atoms with Crippen LogP contribution in [0.4, 0.5) is 0 Å². The van der Waals surface area contributed by atoms with Gasteiger partial charge in [0, 0.05) is 35.3 Å². The molecule has 0 atom stereocenters. The van der Waals surface area contributed by atoms with Crippen molar-refractivity contribution in [3.8, 4) is 11.1 Å². The molecule has 0 saturated carbocycles. The van der Waals surface area contributed by atoms with Crippen LogP contribution in [0.3, 0.4) is 0 Å². The number of aromatic nitrogens is 2. The molecule has 9 heteroatoms. The summed E-state index contributed by atoms with van der Waals surface area (Å²) >= 11 is 0. The van der Waals surface area contributed by atoms with Gasteiger partial charge < -0.3 is 4.57 Å². The number of hydrogen-bond donors (Lipinski definition) is 1. The normalized spacial score (nSPS) is 11.2. The van der Waals surface area contributed by atoms with Crippen LogP contribution < -0.4 is 10.3 Å². The van der Waals surface area contributed by atoms with Crippen molar-refractivity contribution < 1.29 is 13.2 Å². The quantitative estimate of drug-likeness (QED) is 0.383. The first-order valence-electron chi connectivity index (χ1n) is 11.5. The van der Waals surface area contributed by atoms with Gasteiger partial charge in [0.1, 0.15) is 0 Å². The Morgan fingerprint density at radius 2 is 1.67 bits per heavy atom. The van der Waals surface area contributed by atoms with E-state index in [0.717, 1.165) is 47.6 Å². The van der Waals surface area contributed by atoms with Gasteiger partial charge in [-0.2, -0.15) is 0 Å². The molecular formula is C27H28ClN3O4S. The fourth-order valence-corrected chi connectivity index (χ4v) is 5.41. The van der Waals surface area contributed by atoms with Crippen molar-refractivity contribution in [2.75, 3.05) is 0 Å². The van der Waals surface area contributed by atoms with Gasteiger partial charge >= 0.3 is 0 Å². The highest BCUT2D eigenvalue weighted by atomic mass is 35.5. The third-order valence-electron chi connectivity index (χ3n) is 5.88. The maximum atomic E-state index is 12.8.